The maximum atomic E-state index is 5.81. The fourth-order valence-electron chi connectivity index (χ4n) is 2.94. The highest BCUT2D eigenvalue weighted by Crippen LogP contribution is 2.24. The van der Waals surface area contributed by atoms with Crippen molar-refractivity contribution in [2.24, 2.45) is 0 Å². The largest absolute Gasteiger partial charge is 0.401 e. The molecule has 2 aromatic rings. The van der Waals surface area contributed by atoms with Gasteiger partial charge in [-0.3, -0.25) is 4.98 Å². The summed E-state index contributed by atoms with van der Waals surface area (Å²) in [5.41, 5.74) is 0.616. The van der Waals surface area contributed by atoms with Crippen LogP contribution in [0.2, 0.25) is 0 Å². The lowest BCUT2D eigenvalue weighted by Gasteiger charge is -2.27. The quantitative estimate of drug-likeness (QED) is 0.839. The number of anilines is 2. The van der Waals surface area contributed by atoms with E-state index in [0.29, 0.717) is 30.8 Å². The molecule has 8 heteroatoms. The molecule has 2 saturated heterocycles. The van der Waals surface area contributed by atoms with Gasteiger partial charge >= 0.3 is 6.01 Å². The molecule has 4 heterocycles. The molecule has 0 atom stereocenters. The van der Waals surface area contributed by atoms with Gasteiger partial charge in [-0.2, -0.15) is 0 Å². The Morgan fingerprint density at radius 1 is 0.870 bits per heavy atom. The van der Waals surface area contributed by atoms with Crippen molar-refractivity contribution in [3.05, 3.63) is 12.4 Å². The third kappa shape index (κ3) is 3.12. The molecule has 2 aliphatic rings. The zero-order chi connectivity index (χ0) is 15.5. The van der Waals surface area contributed by atoms with Crippen LogP contribution in [-0.4, -0.2) is 59.6 Å². The number of ether oxygens (including phenoxy) is 1. The number of aromatic nitrogens is 4. The van der Waals surface area contributed by atoms with Gasteiger partial charge in [0.2, 0.25) is 0 Å². The number of piperidine rings is 1. The lowest BCUT2D eigenvalue weighted by atomic mass is 10.1. The SMILES string of the molecule is c1ncc(N2CCOCC2)nc1-c1nnc(N2CCCCC2)o1. The number of nitrogens with zero attached hydrogens (tertiary/aromatic N) is 6. The summed E-state index contributed by atoms with van der Waals surface area (Å²) in [7, 11) is 0. The molecule has 23 heavy (non-hydrogen) atoms. The zero-order valence-corrected chi connectivity index (χ0v) is 13.0. The Hall–Kier alpha value is -2.22. The van der Waals surface area contributed by atoms with Crippen LogP contribution >= 0.6 is 0 Å². The highest BCUT2D eigenvalue weighted by atomic mass is 16.5. The van der Waals surface area contributed by atoms with Gasteiger partial charge in [-0.1, -0.05) is 5.10 Å². The third-order valence-electron chi connectivity index (χ3n) is 4.22. The van der Waals surface area contributed by atoms with Crippen LogP contribution in [-0.2, 0) is 4.74 Å². The Morgan fingerprint density at radius 3 is 2.52 bits per heavy atom. The van der Waals surface area contributed by atoms with Crippen molar-refractivity contribution >= 4 is 11.8 Å². The lowest BCUT2D eigenvalue weighted by molar-refractivity contribution is 0.122. The van der Waals surface area contributed by atoms with Gasteiger partial charge in [0.25, 0.3) is 5.89 Å². The molecule has 0 aliphatic carbocycles. The molecule has 4 rings (SSSR count). The van der Waals surface area contributed by atoms with E-state index in [2.05, 4.69) is 30.0 Å². The van der Waals surface area contributed by atoms with Gasteiger partial charge in [-0.15, -0.1) is 5.10 Å². The standard InChI is InChI=1S/C15H20N6O2/c1-2-4-21(5-3-1)15-19-18-14(23-15)12-10-16-11-13(17-12)20-6-8-22-9-7-20/h10-11H,1-9H2. The number of hydrogen-bond donors (Lipinski definition) is 0. The molecule has 0 bridgehead atoms. The van der Waals surface area contributed by atoms with Crippen LogP contribution in [0.25, 0.3) is 11.6 Å². The van der Waals surface area contributed by atoms with Gasteiger partial charge in [-0.05, 0) is 19.3 Å². The molecule has 2 aromatic heterocycles. The topological polar surface area (TPSA) is 80.4 Å². The minimum atomic E-state index is 0.424. The molecule has 0 amide bonds. The van der Waals surface area contributed by atoms with Crippen molar-refractivity contribution in [2.75, 3.05) is 49.2 Å². The molecule has 0 spiro atoms. The van der Waals surface area contributed by atoms with Crippen molar-refractivity contribution in [3.8, 4) is 11.6 Å². The predicted octanol–water partition coefficient (Wildman–Crippen LogP) is 1.35. The van der Waals surface area contributed by atoms with E-state index in [-0.39, 0.29) is 0 Å². The zero-order valence-electron chi connectivity index (χ0n) is 13.0. The minimum Gasteiger partial charge on any atom is -0.401 e. The first-order chi connectivity index (χ1) is 11.4. The monoisotopic (exact) mass is 316 g/mol. The van der Waals surface area contributed by atoms with Gasteiger partial charge in [0.15, 0.2) is 0 Å². The van der Waals surface area contributed by atoms with Crippen LogP contribution in [0.15, 0.2) is 16.8 Å². The highest BCUT2D eigenvalue weighted by molar-refractivity contribution is 5.51. The molecule has 0 saturated carbocycles. The fourth-order valence-corrected chi connectivity index (χ4v) is 2.94. The smallest absolute Gasteiger partial charge is 0.318 e. The van der Waals surface area contributed by atoms with E-state index in [1.165, 1.54) is 19.3 Å². The number of morpholine rings is 1. The first kappa shape index (κ1) is 14.4. The van der Waals surface area contributed by atoms with Gasteiger partial charge < -0.3 is 19.0 Å². The van der Waals surface area contributed by atoms with Crippen LogP contribution in [0.1, 0.15) is 19.3 Å². The van der Waals surface area contributed by atoms with E-state index >= 15 is 0 Å². The molecule has 2 aliphatic heterocycles. The molecule has 0 unspecified atom stereocenters. The van der Waals surface area contributed by atoms with Crippen molar-refractivity contribution in [3.63, 3.8) is 0 Å². The van der Waals surface area contributed by atoms with E-state index in [4.69, 9.17) is 9.15 Å². The first-order valence-corrected chi connectivity index (χ1v) is 8.14. The molecular formula is C15H20N6O2. The Morgan fingerprint density at radius 2 is 1.70 bits per heavy atom. The van der Waals surface area contributed by atoms with Crippen LogP contribution in [0.3, 0.4) is 0 Å². The second-order valence-electron chi connectivity index (χ2n) is 5.80. The maximum absolute atomic E-state index is 5.81. The lowest BCUT2D eigenvalue weighted by Crippen LogP contribution is -2.36. The summed E-state index contributed by atoms with van der Waals surface area (Å²) in [5, 5.41) is 8.31. The molecular weight excluding hydrogens is 296 g/mol. The molecule has 2 fully saturated rings. The second-order valence-corrected chi connectivity index (χ2v) is 5.80. The number of rotatable bonds is 3. The summed E-state index contributed by atoms with van der Waals surface area (Å²) in [6.45, 7) is 5.02. The summed E-state index contributed by atoms with van der Waals surface area (Å²) in [6.07, 6.45) is 7.03. The molecule has 122 valence electrons. The second kappa shape index (κ2) is 6.49. The summed E-state index contributed by atoms with van der Waals surface area (Å²) < 4.78 is 11.2. The molecule has 0 aromatic carbocycles. The van der Waals surface area contributed by atoms with Crippen LogP contribution in [0, 0.1) is 0 Å². The Kier molecular flexibility index (Phi) is 4.06. The van der Waals surface area contributed by atoms with Crippen LogP contribution in [0.4, 0.5) is 11.8 Å². The van der Waals surface area contributed by atoms with Crippen molar-refractivity contribution in [2.45, 2.75) is 19.3 Å². The minimum absolute atomic E-state index is 0.424. The van der Waals surface area contributed by atoms with Crippen molar-refractivity contribution in [1.82, 2.24) is 20.2 Å². The van der Waals surface area contributed by atoms with Crippen LogP contribution < -0.4 is 9.80 Å². The summed E-state index contributed by atoms with van der Waals surface area (Å²) >= 11 is 0. The number of hydrogen-bond acceptors (Lipinski definition) is 8. The highest BCUT2D eigenvalue weighted by Gasteiger charge is 2.19. The van der Waals surface area contributed by atoms with Gasteiger partial charge in [0.1, 0.15) is 11.5 Å². The Balaban J connectivity index is 1.54. The Bertz CT molecular complexity index is 649. The van der Waals surface area contributed by atoms with Crippen molar-refractivity contribution < 1.29 is 9.15 Å². The fraction of sp³-hybridized carbons (Fsp3) is 0.600. The summed E-state index contributed by atoms with van der Waals surface area (Å²) in [6, 6.07) is 0.582. The van der Waals surface area contributed by atoms with Crippen LogP contribution in [0.5, 0.6) is 0 Å². The van der Waals surface area contributed by atoms with E-state index in [9.17, 15) is 0 Å². The van der Waals surface area contributed by atoms with E-state index in [0.717, 1.165) is 32.0 Å². The van der Waals surface area contributed by atoms with Gasteiger partial charge in [0, 0.05) is 26.2 Å². The van der Waals surface area contributed by atoms with E-state index in [1.54, 1.807) is 12.4 Å². The summed E-state index contributed by atoms with van der Waals surface area (Å²) in [4.78, 5) is 13.2. The van der Waals surface area contributed by atoms with Crippen molar-refractivity contribution in [1.29, 1.82) is 0 Å². The third-order valence-corrected chi connectivity index (χ3v) is 4.22. The Labute approximate surface area is 134 Å². The normalized spacial score (nSPS) is 19.1. The van der Waals surface area contributed by atoms with Gasteiger partial charge in [-0.25, -0.2) is 4.98 Å². The maximum Gasteiger partial charge on any atom is 0.318 e. The first-order valence-electron chi connectivity index (χ1n) is 8.14. The average molecular weight is 316 g/mol. The summed E-state index contributed by atoms with van der Waals surface area (Å²) in [5.74, 6) is 1.25. The molecule has 0 N–H and O–H groups in total. The molecule has 8 nitrogen and oxygen atoms in total. The van der Waals surface area contributed by atoms with E-state index in [1.807, 2.05) is 0 Å². The molecule has 0 radical (unpaired) electrons. The van der Waals surface area contributed by atoms with Gasteiger partial charge in [0.05, 0.1) is 25.6 Å². The average Bonchev–Trinajstić information content (AvgIpc) is 3.14. The van der Waals surface area contributed by atoms with E-state index < -0.39 is 0 Å². The predicted molar refractivity (Wildman–Crippen MR) is 84.4 cm³/mol.